The van der Waals surface area contributed by atoms with Gasteiger partial charge in [0.05, 0.1) is 17.4 Å². The fraction of sp³-hybridized carbons (Fsp3) is 0.537. The lowest BCUT2D eigenvalue weighted by atomic mass is 9.87. The van der Waals surface area contributed by atoms with Crippen LogP contribution >= 0.6 is 23.3 Å². The number of nitriles is 1. The van der Waals surface area contributed by atoms with Crippen LogP contribution in [0.4, 0.5) is 29.7 Å². The first-order valence-corrected chi connectivity index (χ1v) is 21.5. The number of thiazole rings is 1. The average Bonchev–Trinajstić information content (AvgIpc) is 3.72. The van der Waals surface area contributed by atoms with E-state index in [0.29, 0.717) is 45.8 Å². The van der Waals surface area contributed by atoms with Gasteiger partial charge in [-0.25, -0.2) is 9.29 Å². The van der Waals surface area contributed by atoms with Crippen molar-refractivity contribution in [2.75, 3.05) is 89.0 Å². The van der Waals surface area contributed by atoms with Gasteiger partial charge in [-0.05, 0) is 125 Å². The third kappa shape index (κ3) is 12.2. The Labute approximate surface area is 348 Å². The minimum absolute atomic E-state index is 0.0730. The summed E-state index contributed by atoms with van der Waals surface area (Å²) < 4.78 is 41.2. The number of amides is 1. The van der Waals surface area contributed by atoms with Crippen LogP contribution in [0.5, 0.6) is 0 Å². The molecule has 0 saturated carbocycles. The van der Waals surface area contributed by atoms with Crippen LogP contribution in [0, 0.1) is 22.7 Å². The topological polar surface area (TPSA) is 144 Å². The number of likely N-dealkylation sites (tertiary alicyclic amines) is 1. The molecule has 58 heavy (non-hydrogen) atoms. The van der Waals surface area contributed by atoms with Crippen LogP contribution in [-0.4, -0.2) is 117 Å². The van der Waals surface area contributed by atoms with Crippen molar-refractivity contribution < 1.29 is 22.8 Å². The van der Waals surface area contributed by atoms with Crippen LogP contribution in [0.15, 0.2) is 47.5 Å². The van der Waals surface area contributed by atoms with E-state index in [0.717, 1.165) is 113 Å². The second-order valence-corrected chi connectivity index (χ2v) is 17.1. The number of anilines is 3. The maximum atomic E-state index is 13.0. The molecule has 2 aromatic carbocycles. The molecule has 314 valence electrons. The highest BCUT2D eigenvalue weighted by molar-refractivity contribution is 7.97. The second-order valence-electron chi connectivity index (χ2n) is 14.9. The molecular formula is C41H55F3N10O2S2. The third-order valence-electron chi connectivity index (χ3n) is 10.9. The number of aromatic nitrogens is 1. The molecule has 1 amide bonds. The van der Waals surface area contributed by atoms with E-state index in [1.54, 1.807) is 11.9 Å². The summed E-state index contributed by atoms with van der Waals surface area (Å²) in [5, 5.41) is 27.9. The zero-order valence-corrected chi connectivity index (χ0v) is 35.1. The summed E-state index contributed by atoms with van der Waals surface area (Å²) in [7, 11) is 5.57. The highest BCUT2D eigenvalue weighted by Crippen LogP contribution is 2.37. The first kappa shape index (κ1) is 44.9. The standard InChI is InChI=1S/C39H48F3N9O2S2.C2H7N/c1-45-34-21-29(4-6-33(34)37(44)50(26-53)13-2-20-52)28-9-14-48(15-10-28)25-27-7-16-49(17-8-27)35-22-32(5-3-30(35)23-43)55-51-18-11-31(12-19-51)47-38-46-24-36(54-38)39(40,41)42;1-3-2/h3-6,20-22,24,26-28,31,44-45H,2,7-19,25H2,1H3,(H,46,47);3H,1-2H3. The van der Waals surface area contributed by atoms with Crippen molar-refractivity contribution in [3.05, 3.63) is 64.2 Å². The lowest BCUT2D eigenvalue weighted by molar-refractivity contribution is -0.134. The number of piperidine rings is 3. The molecule has 4 heterocycles. The Hall–Kier alpha value is -4.21. The van der Waals surface area contributed by atoms with Gasteiger partial charge in [0.25, 0.3) is 0 Å². The number of hydrogen-bond donors (Lipinski definition) is 4. The number of nitrogens with one attached hydrogen (secondary N) is 4. The van der Waals surface area contributed by atoms with Crippen LogP contribution in [0.2, 0.25) is 0 Å². The van der Waals surface area contributed by atoms with E-state index in [9.17, 15) is 28.0 Å². The number of carbonyl (C=O) groups excluding carboxylic acids is 2. The van der Waals surface area contributed by atoms with Gasteiger partial charge in [0.1, 0.15) is 23.1 Å². The number of rotatable bonds is 14. The zero-order valence-electron chi connectivity index (χ0n) is 33.5. The van der Waals surface area contributed by atoms with Crippen LogP contribution < -0.4 is 20.9 Å². The maximum Gasteiger partial charge on any atom is 0.427 e. The van der Waals surface area contributed by atoms with Crippen molar-refractivity contribution in [2.24, 2.45) is 5.92 Å². The molecular weight excluding hydrogens is 786 g/mol. The van der Waals surface area contributed by atoms with Crippen LogP contribution in [0.1, 0.15) is 72.4 Å². The van der Waals surface area contributed by atoms with Gasteiger partial charge in [-0.3, -0.25) is 15.1 Å². The predicted molar refractivity (Wildman–Crippen MR) is 227 cm³/mol. The molecule has 3 fully saturated rings. The van der Waals surface area contributed by atoms with Crippen molar-refractivity contribution in [3.8, 4) is 6.07 Å². The van der Waals surface area contributed by atoms with Gasteiger partial charge in [-0.2, -0.15) is 18.4 Å². The number of alkyl halides is 3. The monoisotopic (exact) mass is 840 g/mol. The Morgan fingerprint density at radius 1 is 1.02 bits per heavy atom. The van der Waals surface area contributed by atoms with Gasteiger partial charge in [-0.15, -0.1) is 0 Å². The molecule has 4 N–H and O–H groups in total. The van der Waals surface area contributed by atoms with E-state index in [1.165, 1.54) is 10.5 Å². The molecule has 0 bridgehead atoms. The van der Waals surface area contributed by atoms with Gasteiger partial charge in [0, 0.05) is 74.9 Å². The second kappa shape index (κ2) is 21.7. The lowest BCUT2D eigenvalue weighted by Crippen LogP contribution is -2.41. The number of carbonyl (C=O) groups is 2. The molecule has 0 unspecified atom stereocenters. The fourth-order valence-electron chi connectivity index (χ4n) is 7.77. The van der Waals surface area contributed by atoms with Crippen molar-refractivity contribution in [1.29, 1.82) is 10.7 Å². The molecule has 0 atom stereocenters. The summed E-state index contributed by atoms with van der Waals surface area (Å²) in [6, 6.07) is 14.6. The van der Waals surface area contributed by atoms with Crippen molar-refractivity contribution in [1.82, 2.24) is 24.4 Å². The number of hydrogen-bond acceptors (Lipinski definition) is 13. The van der Waals surface area contributed by atoms with Gasteiger partial charge in [0.2, 0.25) is 6.41 Å². The largest absolute Gasteiger partial charge is 0.427 e. The van der Waals surface area contributed by atoms with Crippen molar-refractivity contribution >= 4 is 58.3 Å². The minimum atomic E-state index is -4.38. The SMILES string of the molecule is CNC.CNc1cc(C2CCN(CC3CCN(c4cc(SN5CCC(Nc6ncc(C(F)(F)F)s6)CC5)ccc4C#N)CC3)CC2)ccc1C(=N)N(C=O)CCC=O. The van der Waals surface area contributed by atoms with E-state index in [4.69, 9.17) is 5.41 Å². The number of halogens is 3. The lowest BCUT2D eigenvalue weighted by Gasteiger charge is -2.39. The maximum absolute atomic E-state index is 13.0. The summed E-state index contributed by atoms with van der Waals surface area (Å²) in [5.41, 5.74) is 4.33. The molecule has 17 heteroatoms. The summed E-state index contributed by atoms with van der Waals surface area (Å²) in [4.78, 5) is 32.9. The number of nitrogens with zero attached hydrogens (tertiary/aromatic N) is 6. The van der Waals surface area contributed by atoms with Crippen LogP contribution in [-0.2, 0) is 15.8 Å². The van der Waals surface area contributed by atoms with E-state index in [2.05, 4.69) is 59.3 Å². The average molecular weight is 841 g/mol. The van der Waals surface area contributed by atoms with E-state index < -0.39 is 11.1 Å². The normalized spacial score (nSPS) is 17.5. The highest BCUT2D eigenvalue weighted by Gasteiger charge is 2.34. The first-order chi connectivity index (χ1) is 28.0. The molecule has 0 aliphatic carbocycles. The van der Waals surface area contributed by atoms with Gasteiger partial charge in [0.15, 0.2) is 5.13 Å². The molecule has 0 spiro atoms. The fourth-order valence-corrected chi connectivity index (χ4v) is 9.52. The summed E-state index contributed by atoms with van der Waals surface area (Å²) in [6.45, 7) is 6.68. The van der Waals surface area contributed by atoms with E-state index in [-0.39, 0.29) is 24.8 Å². The quantitative estimate of drug-likeness (QED) is 0.0579. The molecule has 6 rings (SSSR count). The van der Waals surface area contributed by atoms with Gasteiger partial charge in [-0.1, -0.05) is 17.4 Å². The van der Waals surface area contributed by atoms with Crippen molar-refractivity contribution in [3.63, 3.8) is 0 Å². The highest BCUT2D eigenvalue weighted by atomic mass is 32.2. The minimum Gasteiger partial charge on any atom is -0.388 e. The third-order valence-corrected chi connectivity index (χ3v) is 13.0. The van der Waals surface area contributed by atoms with Gasteiger partial charge >= 0.3 is 6.18 Å². The first-order valence-electron chi connectivity index (χ1n) is 19.9. The Bertz CT molecular complexity index is 1850. The van der Waals surface area contributed by atoms with Gasteiger partial charge < -0.3 is 30.5 Å². The Kier molecular flexibility index (Phi) is 16.8. The zero-order chi connectivity index (χ0) is 41.7. The van der Waals surface area contributed by atoms with Crippen molar-refractivity contribution in [2.45, 2.75) is 68.0 Å². The number of benzene rings is 2. The van der Waals surface area contributed by atoms with Crippen LogP contribution in [0.3, 0.4) is 0 Å². The molecule has 3 saturated heterocycles. The predicted octanol–water partition coefficient (Wildman–Crippen LogP) is 6.96. The molecule has 3 aromatic rings. The number of aldehydes is 1. The Morgan fingerprint density at radius 3 is 2.33 bits per heavy atom. The summed E-state index contributed by atoms with van der Waals surface area (Å²) in [6.07, 6.45) is 3.88. The molecule has 1 aromatic heterocycles. The Balaban J connectivity index is 0.00000207. The molecule has 3 aliphatic rings. The molecule has 12 nitrogen and oxygen atoms in total. The van der Waals surface area contributed by atoms with E-state index in [1.807, 2.05) is 39.3 Å². The molecule has 0 radical (unpaired) electrons. The summed E-state index contributed by atoms with van der Waals surface area (Å²) in [5.74, 6) is 1.09. The van der Waals surface area contributed by atoms with E-state index >= 15 is 0 Å². The number of amidine groups is 1. The Morgan fingerprint density at radius 2 is 1.72 bits per heavy atom. The smallest absolute Gasteiger partial charge is 0.388 e. The van der Waals surface area contributed by atoms with Crippen LogP contribution in [0.25, 0.3) is 0 Å². The molecule has 3 aliphatic heterocycles. The summed E-state index contributed by atoms with van der Waals surface area (Å²) >= 11 is 2.32.